The summed E-state index contributed by atoms with van der Waals surface area (Å²) in [6.45, 7) is 2.92. The van der Waals surface area contributed by atoms with E-state index in [1.807, 2.05) is 38.4 Å². The first kappa shape index (κ1) is 15.0. The third kappa shape index (κ3) is 4.32. The molecule has 0 amide bonds. The van der Waals surface area contributed by atoms with Crippen LogP contribution in [0.3, 0.4) is 0 Å². The summed E-state index contributed by atoms with van der Waals surface area (Å²) in [5.41, 5.74) is 0.775. The Bertz CT molecular complexity index is 422. The molecule has 4 heteroatoms. The van der Waals surface area contributed by atoms with Crippen molar-refractivity contribution in [1.82, 2.24) is 4.90 Å². The van der Waals surface area contributed by atoms with Gasteiger partial charge in [-0.15, -0.1) is 0 Å². The van der Waals surface area contributed by atoms with Crippen LogP contribution in [0.25, 0.3) is 0 Å². The number of hydrogen-bond donors (Lipinski definition) is 0. The van der Waals surface area contributed by atoms with Gasteiger partial charge in [0.25, 0.3) is 0 Å². The smallest absolute Gasteiger partial charge is 0.166 e. The quantitative estimate of drug-likeness (QED) is 0.748. The molecule has 0 saturated carbocycles. The fourth-order valence-corrected chi connectivity index (χ4v) is 2.26. The van der Waals surface area contributed by atoms with E-state index >= 15 is 0 Å². The van der Waals surface area contributed by atoms with Crippen LogP contribution in [0.1, 0.15) is 23.2 Å². The minimum Gasteiger partial charge on any atom is -0.492 e. The van der Waals surface area contributed by atoms with Crippen LogP contribution in [0.4, 0.5) is 0 Å². The molecule has 0 unspecified atom stereocenters. The molecule has 1 aliphatic rings. The van der Waals surface area contributed by atoms with Gasteiger partial charge >= 0.3 is 0 Å². The Balaban J connectivity index is 1.88. The van der Waals surface area contributed by atoms with E-state index in [1.165, 1.54) is 0 Å². The Labute approximate surface area is 120 Å². The van der Waals surface area contributed by atoms with Crippen LogP contribution in [-0.4, -0.2) is 51.1 Å². The number of nitrogens with zero attached hydrogens (tertiary/aromatic N) is 1. The molecule has 110 valence electrons. The molecule has 1 heterocycles. The molecule has 1 aromatic rings. The SMILES string of the molecule is CN(C)CCOc1ccc(C(=O)C2CCOCC2)cc1. The lowest BCUT2D eigenvalue weighted by atomic mass is 9.91. The fraction of sp³-hybridized carbons (Fsp3) is 0.562. The zero-order valence-corrected chi connectivity index (χ0v) is 12.3. The van der Waals surface area contributed by atoms with E-state index in [0.717, 1.165) is 30.7 Å². The van der Waals surface area contributed by atoms with Crippen molar-refractivity contribution in [2.45, 2.75) is 12.8 Å². The number of benzene rings is 1. The third-order valence-electron chi connectivity index (χ3n) is 3.54. The molecule has 2 rings (SSSR count). The van der Waals surface area contributed by atoms with Crippen LogP contribution in [0.15, 0.2) is 24.3 Å². The van der Waals surface area contributed by atoms with Gasteiger partial charge in [0.1, 0.15) is 12.4 Å². The van der Waals surface area contributed by atoms with Crippen LogP contribution in [-0.2, 0) is 4.74 Å². The van der Waals surface area contributed by atoms with Crippen molar-refractivity contribution in [2.24, 2.45) is 5.92 Å². The number of likely N-dealkylation sites (N-methyl/N-ethyl adjacent to an activating group) is 1. The van der Waals surface area contributed by atoms with E-state index in [1.54, 1.807) is 0 Å². The predicted molar refractivity (Wildman–Crippen MR) is 78.4 cm³/mol. The Morgan fingerprint density at radius 2 is 1.90 bits per heavy atom. The van der Waals surface area contributed by atoms with Crippen molar-refractivity contribution in [3.63, 3.8) is 0 Å². The average molecular weight is 277 g/mol. The second-order valence-corrected chi connectivity index (χ2v) is 5.43. The van der Waals surface area contributed by atoms with Crippen molar-refractivity contribution in [3.8, 4) is 5.75 Å². The maximum absolute atomic E-state index is 12.3. The number of ketones is 1. The normalized spacial score (nSPS) is 16.4. The molecule has 0 N–H and O–H groups in total. The van der Waals surface area contributed by atoms with Crippen molar-refractivity contribution >= 4 is 5.78 Å². The Hall–Kier alpha value is -1.39. The van der Waals surface area contributed by atoms with Crippen LogP contribution in [0, 0.1) is 5.92 Å². The lowest BCUT2D eigenvalue weighted by Gasteiger charge is -2.20. The van der Waals surface area contributed by atoms with E-state index in [2.05, 4.69) is 4.90 Å². The zero-order chi connectivity index (χ0) is 14.4. The summed E-state index contributed by atoms with van der Waals surface area (Å²) >= 11 is 0. The van der Waals surface area contributed by atoms with Crippen LogP contribution in [0.2, 0.25) is 0 Å². The first-order chi connectivity index (χ1) is 9.66. The predicted octanol–water partition coefficient (Wildman–Crippen LogP) is 2.24. The molecule has 0 bridgehead atoms. The number of carbonyl (C=O) groups excluding carboxylic acids is 1. The van der Waals surface area contributed by atoms with Crippen molar-refractivity contribution in [1.29, 1.82) is 0 Å². The van der Waals surface area contributed by atoms with Crippen LogP contribution >= 0.6 is 0 Å². The minimum atomic E-state index is 0.115. The number of carbonyl (C=O) groups is 1. The molecule has 0 aromatic heterocycles. The molecule has 0 atom stereocenters. The highest BCUT2D eigenvalue weighted by atomic mass is 16.5. The fourth-order valence-electron chi connectivity index (χ4n) is 2.26. The van der Waals surface area contributed by atoms with Crippen LogP contribution < -0.4 is 4.74 Å². The summed E-state index contributed by atoms with van der Waals surface area (Å²) in [5, 5.41) is 0. The van der Waals surface area contributed by atoms with Crippen molar-refractivity contribution in [3.05, 3.63) is 29.8 Å². The molecule has 0 radical (unpaired) electrons. The van der Waals surface area contributed by atoms with E-state index in [4.69, 9.17) is 9.47 Å². The minimum absolute atomic E-state index is 0.115. The standard InChI is InChI=1S/C16H23NO3/c1-17(2)9-12-20-15-5-3-13(4-6-15)16(18)14-7-10-19-11-8-14/h3-6,14H,7-12H2,1-2H3. The molecule has 0 spiro atoms. The largest absolute Gasteiger partial charge is 0.492 e. The summed E-state index contributed by atoms with van der Waals surface area (Å²) < 4.78 is 10.9. The highest BCUT2D eigenvalue weighted by Crippen LogP contribution is 2.21. The van der Waals surface area contributed by atoms with Gasteiger partial charge in [0, 0.05) is 31.2 Å². The molecular weight excluding hydrogens is 254 g/mol. The van der Waals surface area contributed by atoms with E-state index < -0.39 is 0 Å². The Morgan fingerprint density at radius 3 is 2.50 bits per heavy atom. The lowest BCUT2D eigenvalue weighted by molar-refractivity contribution is 0.0545. The maximum Gasteiger partial charge on any atom is 0.166 e. The summed E-state index contributed by atoms with van der Waals surface area (Å²) in [7, 11) is 4.03. The molecule has 1 fully saturated rings. The number of ether oxygens (including phenoxy) is 2. The molecule has 1 aliphatic heterocycles. The molecule has 1 aromatic carbocycles. The van der Waals surface area contributed by atoms with Crippen molar-refractivity contribution in [2.75, 3.05) is 40.5 Å². The maximum atomic E-state index is 12.3. The molecule has 0 aliphatic carbocycles. The summed E-state index contributed by atoms with van der Waals surface area (Å²) in [5.74, 6) is 1.16. The van der Waals surface area contributed by atoms with Gasteiger partial charge in [0.05, 0.1) is 0 Å². The summed E-state index contributed by atoms with van der Waals surface area (Å²) in [4.78, 5) is 14.4. The first-order valence-corrected chi connectivity index (χ1v) is 7.16. The molecule has 1 saturated heterocycles. The van der Waals surface area contributed by atoms with Gasteiger partial charge in [0.2, 0.25) is 0 Å². The van der Waals surface area contributed by atoms with Gasteiger partial charge in [-0.2, -0.15) is 0 Å². The first-order valence-electron chi connectivity index (χ1n) is 7.16. The topological polar surface area (TPSA) is 38.8 Å². The monoisotopic (exact) mass is 277 g/mol. The van der Waals surface area contributed by atoms with E-state index in [9.17, 15) is 4.79 Å². The summed E-state index contributed by atoms with van der Waals surface area (Å²) in [6.07, 6.45) is 1.67. The molecule has 20 heavy (non-hydrogen) atoms. The van der Waals surface area contributed by atoms with E-state index in [-0.39, 0.29) is 11.7 Å². The number of hydrogen-bond acceptors (Lipinski definition) is 4. The zero-order valence-electron chi connectivity index (χ0n) is 12.3. The number of rotatable bonds is 6. The second kappa shape index (κ2) is 7.41. The third-order valence-corrected chi connectivity index (χ3v) is 3.54. The van der Waals surface area contributed by atoms with Gasteiger partial charge in [-0.3, -0.25) is 4.79 Å². The molecular formula is C16H23NO3. The van der Waals surface area contributed by atoms with Gasteiger partial charge in [0.15, 0.2) is 5.78 Å². The average Bonchev–Trinajstić information content (AvgIpc) is 2.48. The van der Waals surface area contributed by atoms with Gasteiger partial charge in [-0.25, -0.2) is 0 Å². The lowest BCUT2D eigenvalue weighted by Crippen LogP contribution is -2.23. The van der Waals surface area contributed by atoms with Gasteiger partial charge in [-0.1, -0.05) is 0 Å². The molecule has 4 nitrogen and oxygen atoms in total. The highest BCUT2D eigenvalue weighted by Gasteiger charge is 2.22. The Kier molecular flexibility index (Phi) is 5.56. The van der Waals surface area contributed by atoms with Crippen LogP contribution in [0.5, 0.6) is 5.75 Å². The van der Waals surface area contributed by atoms with Crippen molar-refractivity contribution < 1.29 is 14.3 Å². The Morgan fingerprint density at radius 1 is 1.25 bits per heavy atom. The highest BCUT2D eigenvalue weighted by molar-refractivity contribution is 5.98. The van der Waals surface area contributed by atoms with E-state index in [0.29, 0.717) is 19.8 Å². The number of Topliss-reactive ketones (excluding diaryl/α,β-unsaturated/α-hetero) is 1. The summed E-state index contributed by atoms with van der Waals surface area (Å²) in [6, 6.07) is 7.48. The van der Waals surface area contributed by atoms with Gasteiger partial charge in [-0.05, 0) is 51.2 Å². The second-order valence-electron chi connectivity index (χ2n) is 5.43. The van der Waals surface area contributed by atoms with Gasteiger partial charge < -0.3 is 14.4 Å².